The maximum Gasteiger partial charge on any atom is 0.241 e. The zero-order valence-corrected chi connectivity index (χ0v) is 11.4. The number of ether oxygens (including phenoxy) is 1. The highest BCUT2D eigenvalue weighted by Gasteiger charge is 2.31. The Kier molecular flexibility index (Phi) is 4.07. The summed E-state index contributed by atoms with van der Waals surface area (Å²) in [5.41, 5.74) is 5.25. The van der Waals surface area contributed by atoms with Crippen LogP contribution in [0.4, 0.5) is 10.1 Å². The SMILES string of the molecule is COC1CCCC1NS(=O)(=O)c1ccc(N)c(F)c1. The van der Waals surface area contributed by atoms with Gasteiger partial charge in [-0.2, -0.15) is 0 Å². The fourth-order valence-corrected chi connectivity index (χ4v) is 3.60. The number of benzene rings is 1. The van der Waals surface area contributed by atoms with Gasteiger partial charge in [0.25, 0.3) is 0 Å². The van der Waals surface area contributed by atoms with E-state index in [1.807, 2.05) is 0 Å². The van der Waals surface area contributed by atoms with Crippen LogP contribution in [0, 0.1) is 5.82 Å². The zero-order valence-electron chi connectivity index (χ0n) is 10.6. The second-order valence-corrected chi connectivity index (χ2v) is 6.33. The van der Waals surface area contributed by atoms with Crippen LogP contribution in [0.3, 0.4) is 0 Å². The molecule has 2 unspecified atom stereocenters. The topological polar surface area (TPSA) is 81.4 Å². The number of halogens is 1. The van der Waals surface area contributed by atoms with Gasteiger partial charge in [-0.15, -0.1) is 0 Å². The van der Waals surface area contributed by atoms with Crippen molar-refractivity contribution in [2.75, 3.05) is 12.8 Å². The lowest BCUT2D eigenvalue weighted by molar-refractivity contribution is 0.0916. The minimum atomic E-state index is -3.75. The molecule has 1 saturated carbocycles. The first-order valence-corrected chi connectivity index (χ1v) is 7.52. The van der Waals surface area contributed by atoms with E-state index in [1.54, 1.807) is 7.11 Å². The highest BCUT2D eigenvalue weighted by atomic mass is 32.2. The van der Waals surface area contributed by atoms with E-state index >= 15 is 0 Å². The molecule has 0 bridgehead atoms. The minimum Gasteiger partial charge on any atom is -0.396 e. The molecule has 1 aromatic carbocycles. The van der Waals surface area contributed by atoms with Crippen LogP contribution in [0.15, 0.2) is 23.1 Å². The van der Waals surface area contributed by atoms with Crippen molar-refractivity contribution >= 4 is 15.7 Å². The van der Waals surface area contributed by atoms with Crippen molar-refractivity contribution < 1.29 is 17.5 Å². The molecule has 1 aliphatic rings. The molecule has 0 amide bonds. The Balaban J connectivity index is 2.20. The summed E-state index contributed by atoms with van der Waals surface area (Å²) in [5, 5.41) is 0. The molecule has 0 heterocycles. The van der Waals surface area contributed by atoms with E-state index in [2.05, 4.69) is 4.72 Å². The monoisotopic (exact) mass is 288 g/mol. The number of nitrogen functional groups attached to an aromatic ring is 1. The van der Waals surface area contributed by atoms with E-state index in [0.29, 0.717) is 0 Å². The van der Waals surface area contributed by atoms with Gasteiger partial charge in [-0.1, -0.05) is 0 Å². The molecule has 0 radical (unpaired) electrons. The highest BCUT2D eigenvalue weighted by Crippen LogP contribution is 2.24. The van der Waals surface area contributed by atoms with Gasteiger partial charge in [-0.25, -0.2) is 17.5 Å². The van der Waals surface area contributed by atoms with E-state index in [0.717, 1.165) is 25.3 Å². The molecule has 2 rings (SSSR count). The number of nitrogens with one attached hydrogen (secondary N) is 1. The highest BCUT2D eigenvalue weighted by molar-refractivity contribution is 7.89. The largest absolute Gasteiger partial charge is 0.396 e. The molecule has 1 aliphatic carbocycles. The molecule has 3 N–H and O–H groups in total. The van der Waals surface area contributed by atoms with Crippen molar-refractivity contribution in [2.45, 2.75) is 36.3 Å². The normalized spacial score (nSPS) is 23.7. The Morgan fingerprint density at radius 3 is 2.79 bits per heavy atom. The van der Waals surface area contributed by atoms with Gasteiger partial charge in [0.2, 0.25) is 10.0 Å². The Bertz CT molecular complexity index is 562. The summed E-state index contributed by atoms with van der Waals surface area (Å²) < 4.78 is 45.4. The molecular formula is C12H17FN2O3S. The summed E-state index contributed by atoms with van der Waals surface area (Å²) in [7, 11) is -2.20. The average molecular weight is 288 g/mol. The first-order chi connectivity index (χ1) is 8.94. The fourth-order valence-electron chi connectivity index (χ4n) is 2.29. The van der Waals surface area contributed by atoms with Crippen LogP contribution < -0.4 is 10.5 Å². The minimum absolute atomic E-state index is 0.0745. The van der Waals surface area contributed by atoms with Crippen molar-refractivity contribution in [2.24, 2.45) is 0 Å². The Morgan fingerprint density at radius 1 is 1.42 bits per heavy atom. The molecular weight excluding hydrogens is 271 g/mol. The van der Waals surface area contributed by atoms with Crippen LogP contribution in [0.1, 0.15) is 19.3 Å². The number of hydrogen-bond acceptors (Lipinski definition) is 4. The lowest BCUT2D eigenvalue weighted by Gasteiger charge is -2.19. The molecule has 106 valence electrons. The summed E-state index contributed by atoms with van der Waals surface area (Å²) in [6.45, 7) is 0. The fraction of sp³-hybridized carbons (Fsp3) is 0.500. The molecule has 7 heteroatoms. The predicted molar refractivity (Wildman–Crippen MR) is 69.6 cm³/mol. The summed E-state index contributed by atoms with van der Waals surface area (Å²) in [4.78, 5) is -0.124. The third-order valence-electron chi connectivity index (χ3n) is 3.34. The maximum atomic E-state index is 13.3. The number of hydrogen-bond donors (Lipinski definition) is 2. The van der Waals surface area contributed by atoms with Gasteiger partial charge in [0.15, 0.2) is 0 Å². The van der Waals surface area contributed by atoms with Crippen LogP contribution in [-0.2, 0) is 14.8 Å². The number of anilines is 1. The van der Waals surface area contributed by atoms with E-state index in [-0.39, 0.29) is 22.7 Å². The molecule has 0 aliphatic heterocycles. The van der Waals surface area contributed by atoms with E-state index in [9.17, 15) is 12.8 Å². The van der Waals surface area contributed by atoms with Crippen LogP contribution in [0.2, 0.25) is 0 Å². The Labute approximate surface area is 112 Å². The predicted octanol–water partition coefficient (Wildman–Crippen LogP) is 1.25. The molecule has 5 nitrogen and oxygen atoms in total. The van der Waals surface area contributed by atoms with Gasteiger partial charge in [-0.05, 0) is 37.5 Å². The van der Waals surface area contributed by atoms with Gasteiger partial charge in [0, 0.05) is 13.2 Å². The van der Waals surface area contributed by atoms with Crippen LogP contribution >= 0.6 is 0 Å². The first-order valence-electron chi connectivity index (χ1n) is 6.04. The molecule has 0 aromatic heterocycles. The van der Waals surface area contributed by atoms with Crippen molar-refractivity contribution in [3.63, 3.8) is 0 Å². The van der Waals surface area contributed by atoms with Gasteiger partial charge in [0.1, 0.15) is 5.82 Å². The van der Waals surface area contributed by atoms with Gasteiger partial charge in [0.05, 0.1) is 16.7 Å². The summed E-state index contributed by atoms with van der Waals surface area (Å²) in [6, 6.07) is 3.19. The molecule has 2 atom stereocenters. The standard InChI is InChI=1S/C12H17FN2O3S/c1-18-12-4-2-3-11(12)15-19(16,17)8-5-6-10(14)9(13)7-8/h5-7,11-12,15H,2-4,14H2,1H3. The first kappa shape index (κ1) is 14.2. The van der Waals surface area contributed by atoms with Gasteiger partial charge >= 0.3 is 0 Å². The molecule has 19 heavy (non-hydrogen) atoms. The third kappa shape index (κ3) is 3.05. The second-order valence-electron chi connectivity index (χ2n) is 4.62. The van der Waals surface area contributed by atoms with Crippen molar-refractivity contribution in [3.05, 3.63) is 24.0 Å². The molecule has 1 aromatic rings. The second kappa shape index (κ2) is 5.44. The summed E-state index contributed by atoms with van der Waals surface area (Å²) in [5.74, 6) is -0.738. The van der Waals surface area contributed by atoms with E-state index in [1.165, 1.54) is 12.1 Å². The van der Waals surface area contributed by atoms with Crippen LogP contribution in [0.25, 0.3) is 0 Å². The van der Waals surface area contributed by atoms with E-state index < -0.39 is 15.8 Å². The molecule has 0 saturated heterocycles. The van der Waals surface area contributed by atoms with Crippen molar-refractivity contribution in [3.8, 4) is 0 Å². The third-order valence-corrected chi connectivity index (χ3v) is 4.83. The Morgan fingerprint density at radius 2 is 2.16 bits per heavy atom. The van der Waals surface area contributed by atoms with Gasteiger partial charge < -0.3 is 10.5 Å². The van der Waals surface area contributed by atoms with Crippen LogP contribution in [-0.4, -0.2) is 27.7 Å². The van der Waals surface area contributed by atoms with Crippen molar-refractivity contribution in [1.82, 2.24) is 4.72 Å². The summed E-state index contributed by atoms with van der Waals surface area (Å²) >= 11 is 0. The number of rotatable bonds is 4. The lowest BCUT2D eigenvalue weighted by Crippen LogP contribution is -2.40. The lowest BCUT2D eigenvalue weighted by atomic mass is 10.2. The quantitative estimate of drug-likeness (QED) is 0.817. The summed E-state index contributed by atoms with van der Waals surface area (Å²) in [6.07, 6.45) is 2.31. The zero-order chi connectivity index (χ0) is 14.0. The van der Waals surface area contributed by atoms with E-state index in [4.69, 9.17) is 10.5 Å². The number of sulfonamides is 1. The van der Waals surface area contributed by atoms with Crippen LogP contribution in [0.5, 0.6) is 0 Å². The molecule has 1 fully saturated rings. The van der Waals surface area contributed by atoms with Gasteiger partial charge in [-0.3, -0.25) is 0 Å². The maximum absolute atomic E-state index is 13.3. The number of methoxy groups -OCH3 is 1. The average Bonchev–Trinajstić information content (AvgIpc) is 2.79. The van der Waals surface area contributed by atoms with Crippen molar-refractivity contribution in [1.29, 1.82) is 0 Å². The Hall–Kier alpha value is -1.18. The number of nitrogens with two attached hydrogens (primary N) is 1. The smallest absolute Gasteiger partial charge is 0.241 e. The molecule has 0 spiro atoms.